The lowest BCUT2D eigenvalue weighted by molar-refractivity contribution is 1.39. The Hall–Kier alpha value is -3.41. The lowest BCUT2D eigenvalue weighted by atomic mass is 10.1. The second kappa shape index (κ2) is 7.44. The van der Waals surface area contributed by atoms with Gasteiger partial charge in [0.25, 0.3) is 0 Å². The Kier molecular flexibility index (Phi) is 4.89. The van der Waals surface area contributed by atoms with Crippen LogP contribution in [0.3, 0.4) is 0 Å². The predicted octanol–water partition coefficient (Wildman–Crippen LogP) is 5.13. The zero-order valence-corrected chi connectivity index (χ0v) is 14.3. The van der Waals surface area contributed by atoms with E-state index in [0.717, 1.165) is 27.5 Å². The van der Waals surface area contributed by atoms with E-state index in [9.17, 15) is 0 Å². The summed E-state index contributed by atoms with van der Waals surface area (Å²) in [6, 6.07) is 19.7. The van der Waals surface area contributed by atoms with Crippen molar-refractivity contribution in [2.24, 2.45) is 0 Å². The van der Waals surface area contributed by atoms with Gasteiger partial charge in [-0.3, -0.25) is 0 Å². The molecule has 0 spiro atoms. The maximum Gasteiger partial charge on any atom is 0.145 e. The number of hydrogen-bond donors (Lipinski definition) is 1. The lowest BCUT2D eigenvalue weighted by Crippen LogP contribution is -1.90. The van der Waals surface area contributed by atoms with E-state index in [0.29, 0.717) is 0 Å². The molecule has 0 aliphatic carbocycles. The van der Waals surface area contributed by atoms with Gasteiger partial charge in [-0.1, -0.05) is 42.0 Å². The van der Waals surface area contributed by atoms with Crippen LogP contribution >= 0.6 is 11.3 Å². The Morgan fingerprint density at radius 1 is 1.08 bits per heavy atom. The van der Waals surface area contributed by atoms with Gasteiger partial charge < -0.3 is 5.32 Å². The summed E-state index contributed by atoms with van der Waals surface area (Å²) >= 11 is 1.58. The molecule has 4 nitrogen and oxygen atoms in total. The van der Waals surface area contributed by atoms with Gasteiger partial charge in [0.05, 0.1) is 5.69 Å². The Labute approximate surface area is 150 Å². The highest BCUT2D eigenvalue weighted by molar-refractivity contribution is 7.13. The van der Waals surface area contributed by atoms with Gasteiger partial charge in [-0.15, -0.1) is 11.3 Å². The van der Waals surface area contributed by atoms with Crippen molar-refractivity contribution in [3.05, 3.63) is 71.2 Å². The molecule has 3 rings (SSSR count). The third-order valence-electron chi connectivity index (χ3n) is 3.59. The maximum absolute atomic E-state index is 8.78. The van der Waals surface area contributed by atoms with Crippen molar-refractivity contribution >= 4 is 17.0 Å². The molecule has 25 heavy (non-hydrogen) atoms. The third-order valence-corrected chi connectivity index (χ3v) is 4.48. The minimum atomic E-state index is 0.0290. The summed E-state index contributed by atoms with van der Waals surface area (Å²) in [6.07, 6.45) is 1.40. The molecule has 0 fully saturated rings. The number of aromatic nitrogens is 1. The van der Waals surface area contributed by atoms with Crippen LogP contribution in [0.5, 0.6) is 0 Å². The second-order valence-corrected chi connectivity index (χ2v) is 6.27. The molecule has 0 bridgehead atoms. The van der Waals surface area contributed by atoms with Gasteiger partial charge in [-0.05, 0) is 19.1 Å². The standard InChI is InChI=1S/C20H14N4S/c1-14-5-7-16(8-6-14)19-13-25-20(24-19)17-3-2-4-18(9-17)23-12-15(10-21)11-22/h2-9,12-13,23H,1H3. The second-order valence-electron chi connectivity index (χ2n) is 5.41. The van der Waals surface area contributed by atoms with Crippen LogP contribution in [-0.4, -0.2) is 4.98 Å². The van der Waals surface area contributed by atoms with Gasteiger partial charge in [0.1, 0.15) is 22.7 Å². The summed E-state index contributed by atoms with van der Waals surface area (Å²) in [7, 11) is 0. The summed E-state index contributed by atoms with van der Waals surface area (Å²) in [6.45, 7) is 2.06. The van der Waals surface area contributed by atoms with Crippen LogP contribution in [0.15, 0.2) is 65.7 Å². The van der Waals surface area contributed by atoms with E-state index in [1.54, 1.807) is 11.3 Å². The molecular weight excluding hydrogens is 328 g/mol. The van der Waals surface area contributed by atoms with Crippen LogP contribution in [0.1, 0.15) is 5.56 Å². The molecule has 0 saturated heterocycles. The Morgan fingerprint density at radius 3 is 2.56 bits per heavy atom. The van der Waals surface area contributed by atoms with Crippen molar-refractivity contribution in [3.63, 3.8) is 0 Å². The molecule has 5 heteroatoms. The summed E-state index contributed by atoms with van der Waals surface area (Å²) in [5.41, 5.74) is 5.08. The lowest BCUT2D eigenvalue weighted by Gasteiger charge is -2.03. The third kappa shape index (κ3) is 3.92. The highest BCUT2D eigenvalue weighted by Gasteiger charge is 2.07. The number of nitrogens with zero attached hydrogens (tertiary/aromatic N) is 3. The van der Waals surface area contributed by atoms with E-state index >= 15 is 0 Å². The fourth-order valence-electron chi connectivity index (χ4n) is 2.25. The van der Waals surface area contributed by atoms with Crippen molar-refractivity contribution < 1.29 is 0 Å². The molecule has 1 aromatic heterocycles. The number of aryl methyl sites for hydroxylation is 1. The van der Waals surface area contributed by atoms with Gasteiger partial charge >= 0.3 is 0 Å². The molecule has 0 aliphatic heterocycles. The number of benzene rings is 2. The van der Waals surface area contributed by atoms with Gasteiger partial charge in [-0.25, -0.2) is 4.98 Å². The Balaban J connectivity index is 1.85. The zero-order valence-electron chi connectivity index (χ0n) is 13.5. The van der Waals surface area contributed by atoms with Gasteiger partial charge in [-0.2, -0.15) is 10.5 Å². The first-order valence-electron chi connectivity index (χ1n) is 7.59. The van der Waals surface area contributed by atoms with Crippen molar-refractivity contribution in [3.8, 4) is 34.0 Å². The van der Waals surface area contributed by atoms with Crippen LogP contribution in [0.2, 0.25) is 0 Å². The highest BCUT2D eigenvalue weighted by atomic mass is 32.1. The number of rotatable bonds is 4. The molecule has 0 aliphatic rings. The number of nitriles is 2. The van der Waals surface area contributed by atoms with Crippen LogP contribution < -0.4 is 5.32 Å². The van der Waals surface area contributed by atoms with E-state index in [2.05, 4.69) is 36.5 Å². The van der Waals surface area contributed by atoms with E-state index in [1.165, 1.54) is 11.8 Å². The summed E-state index contributed by atoms with van der Waals surface area (Å²) in [5.74, 6) is 0. The average Bonchev–Trinajstić information content (AvgIpc) is 3.14. The molecule has 0 atom stereocenters. The molecule has 1 heterocycles. The predicted molar refractivity (Wildman–Crippen MR) is 101 cm³/mol. The van der Waals surface area contributed by atoms with Crippen molar-refractivity contribution in [1.29, 1.82) is 10.5 Å². The van der Waals surface area contributed by atoms with Crippen LogP contribution in [0.4, 0.5) is 5.69 Å². The summed E-state index contributed by atoms with van der Waals surface area (Å²) < 4.78 is 0. The quantitative estimate of drug-likeness (QED) is 0.667. The molecule has 3 aromatic rings. The Morgan fingerprint density at radius 2 is 1.84 bits per heavy atom. The first kappa shape index (κ1) is 16.4. The van der Waals surface area contributed by atoms with Crippen LogP contribution in [0, 0.1) is 29.6 Å². The van der Waals surface area contributed by atoms with E-state index in [4.69, 9.17) is 15.5 Å². The van der Waals surface area contributed by atoms with Gasteiger partial charge in [0, 0.05) is 28.4 Å². The highest BCUT2D eigenvalue weighted by Crippen LogP contribution is 2.30. The summed E-state index contributed by atoms with van der Waals surface area (Å²) in [4.78, 5) is 4.72. The number of thiazole rings is 1. The van der Waals surface area contributed by atoms with Gasteiger partial charge in [0.15, 0.2) is 0 Å². The number of nitrogens with one attached hydrogen (secondary N) is 1. The summed E-state index contributed by atoms with van der Waals surface area (Å²) in [5, 5.41) is 23.5. The molecular formula is C20H14N4S. The number of anilines is 1. The minimum absolute atomic E-state index is 0.0290. The molecule has 2 aromatic carbocycles. The van der Waals surface area contributed by atoms with Crippen molar-refractivity contribution in [2.45, 2.75) is 6.92 Å². The van der Waals surface area contributed by atoms with Crippen molar-refractivity contribution in [2.75, 3.05) is 5.32 Å². The number of hydrogen-bond acceptors (Lipinski definition) is 5. The van der Waals surface area contributed by atoms with Crippen LogP contribution in [0.25, 0.3) is 21.8 Å². The topological polar surface area (TPSA) is 72.5 Å². The van der Waals surface area contributed by atoms with Gasteiger partial charge in [0.2, 0.25) is 0 Å². The first-order chi connectivity index (χ1) is 12.2. The SMILES string of the molecule is Cc1ccc(-c2csc(-c3cccc(NC=C(C#N)C#N)c3)n2)cc1. The van der Waals surface area contributed by atoms with Crippen molar-refractivity contribution in [1.82, 2.24) is 4.98 Å². The minimum Gasteiger partial charge on any atom is -0.360 e. The fraction of sp³-hybridized carbons (Fsp3) is 0.0500. The van der Waals surface area contributed by atoms with E-state index < -0.39 is 0 Å². The number of allylic oxidation sites excluding steroid dienone is 1. The molecule has 0 unspecified atom stereocenters. The molecule has 1 N–H and O–H groups in total. The fourth-order valence-corrected chi connectivity index (χ4v) is 3.08. The normalized spacial score (nSPS) is 9.72. The molecule has 120 valence electrons. The molecule has 0 saturated carbocycles. The van der Waals surface area contributed by atoms with E-state index in [1.807, 2.05) is 41.8 Å². The average molecular weight is 342 g/mol. The zero-order chi connectivity index (χ0) is 17.6. The monoisotopic (exact) mass is 342 g/mol. The molecule has 0 radical (unpaired) electrons. The smallest absolute Gasteiger partial charge is 0.145 e. The maximum atomic E-state index is 8.78. The van der Waals surface area contributed by atoms with E-state index in [-0.39, 0.29) is 5.57 Å². The molecule has 0 amide bonds. The Bertz CT molecular complexity index is 985. The van der Waals surface area contributed by atoms with Crippen LogP contribution in [-0.2, 0) is 0 Å². The largest absolute Gasteiger partial charge is 0.360 e. The first-order valence-corrected chi connectivity index (χ1v) is 8.47.